The third-order valence-electron chi connectivity index (χ3n) is 9.95. The fraction of sp³-hybridized carbons (Fsp3) is 0.854. The molecule has 0 atom stereocenters. The zero-order valence-corrected chi connectivity index (χ0v) is 37.5. The Morgan fingerprint density at radius 2 is 0.672 bits per heavy atom. The lowest BCUT2D eigenvalue weighted by atomic mass is 10.0. The van der Waals surface area contributed by atoms with Gasteiger partial charge in [-0.2, -0.15) is 0 Å². The smallest absolute Gasteiger partial charge is 0.305 e. The topological polar surface area (TPSA) is 100 Å². The van der Waals surface area contributed by atoms with E-state index in [4.69, 9.17) is 42.6 Å². The molecule has 0 heterocycles. The summed E-state index contributed by atoms with van der Waals surface area (Å²) in [5, 5.41) is 0. The lowest BCUT2D eigenvalue weighted by Crippen LogP contribution is -2.15. The van der Waals surface area contributed by atoms with E-state index in [1.54, 1.807) is 0 Å². The molecule has 0 aliphatic heterocycles. The zero-order chi connectivity index (χ0) is 41.5. The zero-order valence-electron chi connectivity index (χ0n) is 37.5. The van der Waals surface area contributed by atoms with Gasteiger partial charge in [0.2, 0.25) is 0 Å². The second-order valence-corrected chi connectivity index (χ2v) is 15.2. The number of hydrogen-bond donors (Lipinski definition) is 0. The molecule has 0 unspecified atom stereocenters. The predicted octanol–water partition coefficient (Wildman–Crippen LogP) is 10.9. The van der Waals surface area contributed by atoms with E-state index in [9.17, 15) is 4.79 Å². The Morgan fingerprint density at radius 3 is 1.05 bits per heavy atom. The van der Waals surface area contributed by atoms with Crippen molar-refractivity contribution in [3.63, 3.8) is 0 Å². The highest BCUT2D eigenvalue weighted by Crippen LogP contribution is 2.16. The quantitative estimate of drug-likeness (QED) is 0.0466. The van der Waals surface area contributed by atoms with Crippen LogP contribution in [0.2, 0.25) is 0 Å². The van der Waals surface area contributed by atoms with Crippen molar-refractivity contribution < 1.29 is 47.4 Å². The second kappa shape index (κ2) is 46.3. The lowest BCUT2D eigenvalue weighted by Gasteiger charge is -2.09. The van der Waals surface area contributed by atoms with Gasteiger partial charge in [-0.3, -0.25) is 4.79 Å². The first kappa shape index (κ1) is 54.2. The largest absolute Gasteiger partial charge is 0.491 e. The minimum Gasteiger partial charge on any atom is -0.491 e. The molecule has 0 bridgehead atoms. The normalized spacial score (nSPS) is 11.4. The molecule has 0 aromatic heterocycles. The van der Waals surface area contributed by atoms with Crippen molar-refractivity contribution in [2.45, 2.75) is 162 Å². The number of rotatable bonds is 48. The van der Waals surface area contributed by atoms with Gasteiger partial charge in [0, 0.05) is 6.42 Å². The molecule has 1 rings (SSSR count). The van der Waals surface area contributed by atoms with Crippen LogP contribution in [0, 0.1) is 0 Å². The summed E-state index contributed by atoms with van der Waals surface area (Å²) in [6.45, 7) is 12.3. The van der Waals surface area contributed by atoms with Gasteiger partial charge in [-0.25, -0.2) is 0 Å². The van der Waals surface area contributed by atoms with E-state index in [0.717, 1.165) is 25.0 Å². The summed E-state index contributed by atoms with van der Waals surface area (Å²) < 4.78 is 49.8. The van der Waals surface area contributed by atoms with Crippen molar-refractivity contribution in [3.05, 3.63) is 29.8 Å². The molecule has 0 aliphatic carbocycles. The molecular weight excluding hydrogens is 737 g/mol. The molecule has 0 radical (unpaired) electrons. The number of carbonyl (C=O) groups is 1. The van der Waals surface area contributed by atoms with Gasteiger partial charge in [0.25, 0.3) is 0 Å². The fourth-order valence-corrected chi connectivity index (χ4v) is 6.43. The number of hydrogen-bond acceptors (Lipinski definition) is 10. The number of benzene rings is 1. The van der Waals surface area contributed by atoms with Gasteiger partial charge in [0.05, 0.1) is 92.5 Å². The van der Waals surface area contributed by atoms with E-state index in [0.29, 0.717) is 112 Å². The van der Waals surface area contributed by atoms with Crippen molar-refractivity contribution in [2.24, 2.45) is 0 Å². The number of unbranched alkanes of at least 4 members (excludes halogenated alkanes) is 19. The van der Waals surface area contributed by atoms with Gasteiger partial charge >= 0.3 is 5.97 Å². The molecule has 340 valence electrons. The minimum atomic E-state index is -0.126. The number of esters is 1. The van der Waals surface area contributed by atoms with Gasteiger partial charge in [-0.1, -0.05) is 148 Å². The third-order valence-corrected chi connectivity index (χ3v) is 9.95. The van der Waals surface area contributed by atoms with Gasteiger partial charge < -0.3 is 42.6 Å². The Kier molecular flexibility index (Phi) is 43.3. The van der Waals surface area contributed by atoms with Gasteiger partial charge in [-0.05, 0) is 37.0 Å². The molecule has 10 heteroatoms. The Bertz CT molecular complexity index is 947. The first-order valence-corrected chi connectivity index (χ1v) is 23.7. The highest BCUT2D eigenvalue weighted by Gasteiger charge is 2.03. The van der Waals surface area contributed by atoms with E-state index < -0.39 is 0 Å². The second-order valence-electron chi connectivity index (χ2n) is 15.2. The van der Waals surface area contributed by atoms with Crippen LogP contribution in [-0.4, -0.2) is 112 Å². The number of ether oxygens (including phenoxy) is 9. The van der Waals surface area contributed by atoms with Crippen LogP contribution in [0.4, 0.5) is 0 Å². The van der Waals surface area contributed by atoms with Crippen LogP contribution in [0.25, 0.3) is 0 Å². The van der Waals surface area contributed by atoms with Crippen molar-refractivity contribution in [2.75, 3.05) is 106 Å². The molecule has 0 fully saturated rings. The molecule has 0 aliphatic rings. The van der Waals surface area contributed by atoms with Gasteiger partial charge in [0.15, 0.2) is 0 Å². The van der Waals surface area contributed by atoms with Crippen LogP contribution in [0.3, 0.4) is 0 Å². The maximum atomic E-state index is 11.9. The first-order chi connectivity index (χ1) is 28.8. The van der Waals surface area contributed by atoms with E-state index in [1.807, 2.05) is 0 Å². The lowest BCUT2D eigenvalue weighted by molar-refractivity contribution is -0.145. The monoisotopic (exact) mass is 825 g/mol. The van der Waals surface area contributed by atoms with Crippen molar-refractivity contribution in [1.29, 1.82) is 0 Å². The summed E-state index contributed by atoms with van der Waals surface area (Å²) in [4.78, 5) is 11.9. The summed E-state index contributed by atoms with van der Waals surface area (Å²) in [7, 11) is 0. The van der Waals surface area contributed by atoms with E-state index in [1.165, 1.54) is 128 Å². The SMILES string of the molecule is CCCCCCCCCCCCCCCCCC(=O)OCCOCCOCCOCCOCCOCCOCCOCCOc1ccc(CCCCCCCC)cc1. The summed E-state index contributed by atoms with van der Waals surface area (Å²) >= 11 is 0. The number of carbonyl (C=O) groups excluding carboxylic acids is 1. The Hall–Kier alpha value is -1.79. The van der Waals surface area contributed by atoms with Gasteiger partial charge in [-0.15, -0.1) is 0 Å². The molecule has 0 spiro atoms. The summed E-state index contributed by atoms with van der Waals surface area (Å²) in [5.74, 6) is 0.760. The van der Waals surface area contributed by atoms with Crippen molar-refractivity contribution >= 4 is 5.97 Å². The Balaban J connectivity index is 1.69. The summed E-state index contributed by atoms with van der Waals surface area (Å²) in [5.41, 5.74) is 1.38. The van der Waals surface area contributed by atoms with Crippen LogP contribution < -0.4 is 4.74 Å². The highest BCUT2D eigenvalue weighted by atomic mass is 16.6. The standard InChI is InChI=1S/C48H88O10/c1-3-5-7-9-11-12-13-14-15-16-17-18-19-21-23-25-48(49)58-45-43-56-41-39-54-37-35-52-33-31-50-30-32-51-34-36-53-38-40-55-42-44-57-47-28-26-46(27-29-47)24-22-20-10-8-6-4-2/h26-29H,3-25,30-45H2,1-2H3. The molecular formula is C48H88O10. The minimum absolute atomic E-state index is 0.126. The summed E-state index contributed by atoms with van der Waals surface area (Å²) in [6, 6.07) is 8.44. The Morgan fingerprint density at radius 1 is 0.362 bits per heavy atom. The molecule has 10 nitrogen and oxygen atoms in total. The highest BCUT2D eigenvalue weighted by molar-refractivity contribution is 5.69. The van der Waals surface area contributed by atoms with Crippen LogP contribution in [0.5, 0.6) is 5.75 Å². The molecule has 0 saturated carbocycles. The van der Waals surface area contributed by atoms with Crippen LogP contribution >= 0.6 is 0 Å². The average molecular weight is 825 g/mol. The molecule has 1 aromatic carbocycles. The molecule has 58 heavy (non-hydrogen) atoms. The van der Waals surface area contributed by atoms with Crippen LogP contribution in [0.1, 0.15) is 161 Å². The van der Waals surface area contributed by atoms with E-state index in [2.05, 4.69) is 38.1 Å². The molecule has 0 amide bonds. The average Bonchev–Trinajstić information content (AvgIpc) is 3.24. The van der Waals surface area contributed by atoms with E-state index >= 15 is 0 Å². The molecule has 1 aromatic rings. The van der Waals surface area contributed by atoms with E-state index in [-0.39, 0.29) is 5.97 Å². The van der Waals surface area contributed by atoms with Crippen molar-refractivity contribution in [3.8, 4) is 5.75 Å². The summed E-state index contributed by atoms with van der Waals surface area (Å²) in [6.07, 6.45) is 29.4. The number of aryl methyl sites for hydroxylation is 1. The van der Waals surface area contributed by atoms with Gasteiger partial charge in [0.1, 0.15) is 19.0 Å². The van der Waals surface area contributed by atoms with Crippen LogP contribution in [-0.2, 0) is 49.1 Å². The Labute approximate surface area is 355 Å². The fourth-order valence-electron chi connectivity index (χ4n) is 6.43. The molecule has 0 N–H and O–H groups in total. The maximum Gasteiger partial charge on any atom is 0.305 e. The van der Waals surface area contributed by atoms with Crippen molar-refractivity contribution in [1.82, 2.24) is 0 Å². The third kappa shape index (κ3) is 41.0. The van der Waals surface area contributed by atoms with Crippen LogP contribution in [0.15, 0.2) is 24.3 Å². The predicted molar refractivity (Wildman–Crippen MR) is 235 cm³/mol. The first-order valence-electron chi connectivity index (χ1n) is 23.7. The maximum absolute atomic E-state index is 11.9. The molecule has 0 saturated heterocycles.